The molecule has 0 spiro atoms. The number of carbonyl (C=O) groups is 4. The minimum atomic E-state index is -5.59. The van der Waals surface area contributed by atoms with E-state index in [1.54, 1.807) is 0 Å². The number of aliphatic hydroxyl groups excluding tert-OH is 2. The van der Waals surface area contributed by atoms with Gasteiger partial charge in [-0.2, -0.15) is 4.31 Å². The third kappa shape index (κ3) is 14.5. The fourth-order valence-corrected chi connectivity index (χ4v) is 16.7. The first-order chi connectivity index (χ1) is 35.9. The zero-order valence-electron chi connectivity index (χ0n) is 44.3. The zero-order valence-corrected chi connectivity index (χ0v) is 47.8. The van der Waals surface area contributed by atoms with Gasteiger partial charge in [0.15, 0.2) is 28.6 Å². The van der Waals surface area contributed by atoms with Crippen LogP contribution in [0.5, 0.6) is 0 Å². The summed E-state index contributed by atoms with van der Waals surface area (Å²) in [5.74, 6) is 2.50. The summed E-state index contributed by atoms with van der Waals surface area (Å²) in [6, 6.07) is 0. The molecule has 25 nitrogen and oxygen atoms in total. The maximum atomic E-state index is 13.0. The number of amides is 2. The predicted octanol–water partition coefficient (Wildman–Crippen LogP) is 5.26. The van der Waals surface area contributed by atoms with Crippen LogP contribution in [-0.4, -0.2) is 128 Å². The van der Waals surface area contributed by atoms with Crippen LogP contribution in [0.1, 0.15) is 125 Å². The molecule has 1 aliphatic heterocycles. The molecule has 0 bridgehead atoms. The number of hydrogen-bond acceptors (Lipinski definition) is 19. The summed E-state index contributed by atoms with van der Waals surface area (Å²) >= 11 is 1.17. The Morgan fingerprint density at radius 3 is 2.42 bits per heavy atom. The van der Waals surface area contributed by atoms with Gasteiger partial charge >= 0.3 is 23.5 Å². The number of rotatable bonds is 25. The second kappa shape index (κ2) is 24.6. The lowest BCUT2D eigenvalue weighted by molar-refractivity contribution is -0.137. The number of fused-ring (bicyclic) bond motifs is 6. The van der Waals surface area contributed by atoms with Gasteiger partial charge in [-0.3, -0.25) is 37.3 Å². The highest BCUT2D eigenvalue weighted by Gasteiger charge is 2.59. The molecule has 5 aliphatic rings. The van der Waals surface area contributed by atoms with E-state index in [1.165, 1.54) is 63.3 Å². The van der Waals surface area contributed by atoms with E-state index >= 15 is 0 Å². The molecule has 4 aliphatic carbocycles. The van der Waals surface area contributed by atoms with Crippen LogP contribution in [0.2, 0.25) is 0 Å². The molecule has 4 fully saturated rings. The van der Waals surface area contributed by atoms with Crippen LogP contribution in [-0.2, 0) is 55.5 Å². The lowest BCUT2D eigenvalue weighted by Gasteiger charge is -2.58. The number of nitrogens with one attached hydrogen (secondary N) is 2. The first-order valence-electron chi connectivity index (χ1n) is 26.2. The number of allylic oxidation sites excluding steroid dienone is 1. The average molecular weight is 1160 g/mol. The molecule has 29 heteroatoms. The Morgan fingerprint density at radius 2 is 1.69 bits per heavy atom. The summed E-state index contributed by atoms with van der Waals surface area (Å²) in [6.07, 6.45) is 6.90. The number of anilines is 1. The van der Waals surface area contributed by atoms with E-state index in [1.807, 2.05) is 13.0 Å². The highest BCUT2D eigenvalue weighted by atomic mass is 32.2. The molecule has 3 heterocycles. The number of hydrogen-bond donors (Lipinski definition) is 9. The standard InChI is InChI=1S/C48H76N7O18P3S/c1-27(32-12-13-33-31-11-10-29-22-30(56)14-17-47(29,5)34(31)15-18-48(32,33)6)8-7-9-28(2)45(61)77-21-20-50-36(57)16-19-51-43(60)40(59)46(3,4)24-70-76(67,68)73-75(65,66)69-23-35-39(72-74(62,63)64)38(58)44(71-35)55-26-54-37-41(49)52-25-53-42(37)55/h22,25-28,31-35,38-40,44,58-59H,7-21,23-24H2,1-6H3,(H,50,57)(H,51,60)(H,65,66)(H,67,68)(H2,49,52,53)(H2,62,63,64)/t27-,28+,31+,32-,33+,34+,35-,38+,39+,40+,44+,47+,48-/m1/s1. The third-order valence-electron chi connectivity index (χ3n) is 17.2. The normalized spacial score (nSPS) is 31.2. The number of imidazole rings is 1. The van der Waals surface area contributed by atoms with Crippen molar-refractivity contribution in [3.05, 3.63) is 24.3 Å². The predicted molar refractivity (Wildman–Crippen MR) is 279 cm³/mol. The van der Waals surface area contributed by atoms with E-state index in [0.29, 0.717) is 41.1 Å². The molecule has 0 radical (unpaired) electrons. The minimum Gasteiger partial charge on any atom is -0.386 e. The molecular formula is C48H76N7O18P3S. The van der Waals surface area contributed by atoms with E-state index in [2.05, 4.69) is 55.2 Å². The molecule has 1 saturated heterocycles. The molecule has 0 aromatic carbocycles. The van der Waals surface area contributed by atoms with Crippen molar-refractivity contribution in [1.29, 1.82) is 0 Å². The fourth-order valence-electron chi connectivity index (χ4n) is 13.0. The Bertz CT molecular complexity index is 2680. The van der Waals surface area contributed by atoms with E-state index in [-0.39, 0.29) is 52.9 Å². The summed E-state index contributed by atoms with van der Waals surface area (Å²) in [4.78, 5) is 102. The average Bonchev–Trinajstić information content (AvgIpc) is 4.04. The van der Waals surface area contributed by atoms with Gasteiger partial charge in [0, 0.05) is 43.0 Å². The highest BCUT2D eigenvalue weighted by molar-refractivity contribution is 8.13. The molecule has 77 heavy (non-hydrogen) atoms. The molecule has 10 N–H and O–H groups in total. The van der Waals surface area contributed by atoms with E-state index in [0.717, 1.165) is 61.2 Å². The van der Waals surface area contributed by atoms with Crippen LogP contribution in [0.25, 0.3) is 11.2 Å². The van der Waals surface area contributed by atoms with Gasteiger partial charge in [-0.1, -0.05) is 71.7 Å². The monoisotopic (exact) mass is 1160 g/mol. The molecule has 3 saturated carbocycles. The van der Waals surface area contributed by atoms with Crippen molar-refractivity contribution in [2.24, 2.45) is 51.8 Å². The quantitative estimate of drug-likeness (QED) is 0.0452. The van der Waals surface area contributed by atoms with Gasteiger partial charge in [-0.25, -0.2) is 28.6 Å². The Morgan fingerprint density at radius 1 is 0.961 bits per heavy atom. The Kier molecular flexibility index (Phi) is 19.7. The fraction of sp³-hybridized carbons (Fsp3) is 0.771. The summed E-state index contributed by atoms with van der Waals surface area (Å²) in [7, 11) is -16.5. The molecule has 2 unspecified atom stereocenters. The number of phosphoric acid groups is 3. The molecule has 2 aromatic rings. The largest absolute Gasteiger partial charge is 0.481 e. The first kappa shape index (κ1) is 61.6. The number of thioether (sulfide) groups is 1. The second-order valence-electron chi connectivity index (χ2n) is 22.7. The van der Waals surface area contributed by atoms with Gasteiger partial charge < -0.3 is 50.9 Å². The van der Waals surface area contributed by atoms with E-state index in [4.69, 9.17) is 19.5 Å². The lowest BCUT2D eigenvalue weighted by Crippen LogP contribution is -2.50. The van der Waals surface area contributed by atoms with Crippen molar-refractivity contribution < 1.29 is 85.3 Å². The van der Waals surface area contributed by atoms with E-state index in [9.17, 15) is 62.7 Å². The maximum Gasteiger partial charge on any atom is 0.481 e. The van der Waals surface area contributed by atoms with Crippen molar-refractivity contribution in [3.63, 3.8) is 0 Å². The number of nitrogens with two attached hydrogens (primary N) is 1. The SMILES string of the molecule is C[C@H](CCC[C@H](C)C(=O)SCCNC(=O)CCNC(=O)[C@H](O)C(C)(C)COP(=O)(O)OP(=O)(O)OC[C@H]1O[C@H](n2cnc3c(N)ncnc32)[C@@H](O)[C@H]1OP(=O)(O)O)[C@H]1CC[C@H]2[C@@H]3CCC4=CC(=O)CC[C@]4(C)[C@H]3CC[C@]12C. The first-order valence-corrected chi connectivity index (χ1v) is 31.8. The minimum absolute atomic E-state index is 0.0312. The van der Waals surface area contributed by atoms with Crippen molar-refractivity contribution in [2.45, 2.75) is 149 Å². The van der Waals surface area contributed by atoms with Crippen LogP contribution in [0.3, 0.4) is 0 Å². The summed E-state index contributed by atoms with van der Waals surface area (Å²) in [5, 5.41) is 26.9. The maximum absolute atomic E-state index is 13.0. The summed E-state index contributed by atoms with van der Waals surface area (Å²) < 4.78 is 62.8. The van der Waals surface area contributed by atoms with Gasteiger partial charge in [0.1, 0.15) is 36.3 Å². The molecule has 2 aromatic heterocycles. The second-order valence-corrected chi connectivity index (χ2v) is 28.1. The van der Waals surface area contributed by atoms with Crippen LogP contribution < -0.4 is 16.4 Å². The Hall–Kier alpha value is -3.03. The van der Waals surface area contributed by atoms with Gasteiger partial charge in [-0.05, 0) is 97.9 Å². The van der Waals surface area contributed by atoms with Gasteiger partial charge in [0.2, 0.25) is 11.8 Å². The smallest absolute Gasteiger partial charge is 0.386 e. The van der Waals surface area contributed by atoms with Crippen LogP contribution in [0.15, 0.2) is 24.3 Å². The van der Waals surface area contributed by atoms with Crippen molar-refractivity contribution in [2.75, 3.05) is 37.8 Å². The highest BCUT2D eigenvalue weighted by Crippen LogP contribution is 2.68. The zero-order chi connectivity index (χ0) is 56.5. The molecule has 432 valence electrons. The molecular weight excluding hydrogens is 1090 g/mol. The molecule has 7 rings (SSSR count). The molecule has 2 amide bonds. The number of ketones is 1. The number of ether oxygens (including phenoxy) is 1. The van der Waals surface area contributed by atoms with E-state index < -0.39 is 84.6 Å². The van der Waals surface area contributed by atoms with Crippen molar-refractivity contribution in [3.8, 4) is 0 Å². The van der Waals surface area contributed by atoms with Crippen molar-refractivity contribution >= 4 is 74.9 Å². The lowest BCUT2D eigenvalue weighted by atomic mass is 9.46. The Labute approximate surface area is 451 Å². The third-order valence-corrected chi connectivity index (χ3v) is 21.4. The van der Waals surface area contributed by atoms with Gasteiger partial charge in [-0.15, -0.1) is 0 Å². The van der Waals surface area contributed by atoms with Crippen LogP contribution in [0, 0.1) is 51.8 Å². The number of nitrogens with zero attached hydrogens (tertiary/aromatic N) is 4. The summed E-state index contributed by atoms with van der Waals surface area (Å²) in [5.41, 5.74) is 6.21. The summed E-state index contributed by atoms with van der Waals surface area (Å²) in [6.45, 7) is 9.88. The topological polar surface area (TPSA) is 381 Å². The number of aromatic nitrogens is 4. The van der Waals surface area contributed by atoms with Crippen LogP contribution in [0.4, 0.5) is 5.82 Å². The number of carbonyl (C=O) groups excluding carboxylic acids is 4. The Balaban J connectivity index is 0.762. The number of nitrogen functional groups attached to an aromatic ring is 1. The van der Waals surface area contributed by atoms with Gasteiger partial charge in [0.25, 0.3) is 0 Å². The van der Waals surface area contributed by atoms with Crippen LogP contribution >= 0.6 is 35.2 Å². The molecule has 15 atom stereocenters. The number of aliphatic hydroxyl groups is 2. The van der Waals surface area contributed by atoms with Crippen molar-refractivity contribution in [1.82, 2.24) is 30.2 Å². The van der Waals surface area contributed by atoms with Gasteiger partial charge in [0.05, 0.1) is 19.5 Å². The number of phosphoric ester groups is 3.